The van der Waals surface area contributed by atoms with Crippen molar-refractivity contribution >= 4 is 23.4 Å². The van der Waals surface area contributed by atoms with Crippen LogP contribution in [0.15, 0.2) is 24.3 Å². The fourth-order valence-corrected chi connectivity index (χ4v) is 2.97. The van der Waals surface area contributed by atoms with Gasteiger partial charge < -0.3 is 16.0 Å². The minimum atomic E-state index is -0.925. The van der Waals surface area contributed by atoms with Gasteiger partial charge in [-0.3, -0.25) is 19.1 Å². The summed E-state index contributed by atoms with van der Waals surface area (Å²) < 4.78 is 1.76. The topological polar surface area (TPSA) is 105 Å². The number of rotatable bonds is 4. The summed E-state index contributed by atoms with van der Waals surface area (Å²) in [4.78, 5) is 36.9. The first kappa shape index (κ1) is 17.7. The van der Waals surface area contributed by atoms with Gasteiger partial charge >= 0.3 is 0 Å². The van der Waals surface area contributed by atoms with Crippen molar-refractivity contribution in [3.63, 3.8) is 0 Å². The van der Waals surface area contributed by atoms with Crippen molar-refractivity contribution in [2.75, 3.05) is 5.32 Å². The van der Waals surface area contributed by atoms with Crippen molar-refractivity contribution in [2.45, 2.75) is 32.9 Å². The summed E-state index contributed by atoms with van der Waals surface area (Å²) in [6.45, 7) is 4.13. The van der Waals surface area contributed by atoms with E-state index in [9.17, 15) is 14.4 Å². The van der Waals surface area contributed by atoms with Gasteiger partial charge in [-0.05, 0) is 26.0 Å². The van der Waals surface area contributed by atoms with Gasteiger partial charge in [0.05, 0.1) is 23.4 Å². The van der Waals surface area contributed by atoms with Gasteiger partial charge in [0.1, 0.15) is 6.04 Å². The summed E-state index contributed by atoms with van der Waals surface area (Å²) in [6.07, 6.45) is -0.135. The third-order valence-corrected chi connectivity index (χ3v) is 4.56. The standard InChI is InChI=1S/C18H21N5O3/c1-10-13(11(2)23(3)22-10)9-19-16(24)8-15-18(26)20-14-7-5-4-6-12(14)17(25)21-15/h4-7,15H,8-9H2,1-3H3,(H,19,24)(H,20,26)(H,21,25)/t15-/m0/s1. The van der Waals surface area contributed by atoms with Crippen molar-refractivity contribution in [1.29, 1.82) is 0 Å². The van der Waals surface area contributed by atoms with Gasteiger partial charge in [-0.25, -0.2) is 0 Å². The van der Waals surface area contributed by atoms with E-state index in [0.717, 1.165) is 17.0 Å². The lowest BCUT2D eigenvalue weighted by Gasteiger charge is -2.14. The van der Waals surface area contributed by atoms with Crippen LogP contribution in [-0.4, -0.2) is 33.5 Å². The SMILES string of the molecule is Cc1nn(C)c(C)c1CNC(=O)C[C@@H]1NC(=O)c2ccccc2NC1=O. The first-order chi connectivity index (χ1) is 12.4. The van der Waals surface area contributed by atoms with Crippen LogP contribution >= 0.6 is 0 Å². The number of carbonyl (C=O) groups excluding carboxylic acids is 3. The lowest BCUT2D eigenvalue weighted by Crippen LogP contribution is -2.44. The molecule has 0 spiro atoms. The monoisotopic (exact) mass is 355 g/mol. The highest BCUT2D eigenvalue weighted by atomic mass is 16.2. The number of hydrogen-bond donors (Lipinski definition) is 3. The summed E-state index contributed by atoms with van der Waals surface area (Å²) in [5.74, 6) is -1.11. The van der Waals surface area contributed by atoms with Crippen LogP contribution < -0.4 is 16.0 Å². The number of carbonyl (C=O) groups is 3. The molecule has 3 amide bonds. The molecule has 1 aromatic carbocycles. The number of nitrogens with zero attached hydrogens (tertiary/aromatic N) is 2. The number of para-hydroxylation sites is 1. The van der Waals surface area contributed by atoms with E-state index in [2.05, 4.69) is 21.0 Å². The molecule has 0 fully saturated rings. The number of aromatic nitrogens is 2. The highest BCUT2D eigenvalue weighted by molar-refractivity contribution is 6.10. The zero-order valence-corrected chi connectivity index (χ0v) is 14.9. The van der Waals surface area contributed by atoms with Crippen LogP contribution in [0.1, 0.15) is 33.7 Å². The predicted octanol–water partition coefficient (Wildman–Crippen LogP) is 0.794. The molecule has 0 radical (unpaired) electrons. The molecule has 3 rings (SSSR count). The Morgan fingerprint density at radius 3 is 2.69 bits per heavy atom. The van der Waals surface area contributed by atoms with Crippen LogP contribution in [0.3, 0.4) is 0 Å². The van der Waals surface area contributed by atoms with E-state index in [0.29, 0.717) is 17.8 Å². The fourth-order valence-electron chi connectivity index (χ4n) is 2.97. The molecule has 0 saturated heterocycles. The molecule has 0 unspecified atom stereocenters. The molecule has 0 saturated carbocycles. The van der Waals surface area contributed by atoms with Gasteiger partial charge in [0.25, 0.3) is 5.91 Å². The Bertz CT molecular complexity index is 887. The molecule has 8 nitrogen and oxygen atoms in total. The van der Waals surface area contributed by atoms with E-state index in [1.54, 1.807) is 28.9 Å². The summed E-state index contributed by atoms with van der Waals surface area (Å²) >= 11 is 0. The maximum atomic E-state index is 12.3. The molecule has 8 heteroatoms. The van der Waals surface area contributed by atoms with E-state index in [-0.39, 0.29) is 18.2 Å². The lowest BCUT2D eigenvalue weighted by atomic mass is 10.1. The van der Waals surface area contributed by atoms with Gasteiger partial charge in [-0.2, -0.15) is 5.10 Å². The van der Waals surface area contributed by atoms with Gasteiger partial charge in [0.15, 0.2) is 0 Å². The molecule has 1 aliphatic heterocycles. The fraction of sp³-hybridized carbons (Fsp3) is 0.333. The maximum absolute atomic E-state index is 12.3. The average Bonchev–Trinajstić information content (AvgIpc) is 2.77. The smallest absolute Gasteiger partial charge is 0.254 e. The first-order valence-corrected chi connectivity index (χ1v) is 8.33. The number of nitrogens with one attached hydrogen (secondary N) is 3. The van der Waals surface area contributed by atoms with Crippen LogP contribution in [0.5, 0.6) is 0 Å². The molecule has 0 aliphatic carbocycles. The van der Waals surface area contributed by atoms with Crippen molar-refractivity contribution in [1.82, 2.24) is 20.4 Å². The number of amides is 3. The van der Waals surface area contributed by atoms with Gasteiger partial charge in [-0.1, -0.05) is 12.1 Å². The Kier molecular flexibility index (Phi) is 4.75. The highest BCUT2D eigenvalue weighted by Gasteiger charge is 2.29. The Hall–Kier alpha value is -3.16. The van der Waals surface area contributed by atoms with Crippen LogP contribution in [0.2, 0.25) is 0 Å². The molecule has 1 atom stereocenters. The van der Waals surface area contributed by atoms with Gasteiger partial charge in [0.2, 0.25) is 11.8 Å². The van der Waals surface area contributed by atoms with Crippen LogP contribution in [0, 0.1) is 13.8 Å². The number of anilines is 1. The van der Waals surface area contributed by atoms with Crippen molar-refractivity contribution in [3.05, 3.63) is 46.8 Å². The zero-order chi connectivity index (χ0) is 18.8. The van der Waals surface area contributed by atoms with Crippen molar-refractivity contribution in [2.24, 2.45) is 7.05 Å². The minimum Gasteiger partial charge on any atom is -0.352 e. The number of hydrogen-bond acceptors (Lipinski definition) is 4. The molecule has 26 heavy (non-hydrogen) atoms. The minimum absolute atomic E-state index is 0.135. The van der Waals surface area contributed by atoms with Crippen LogP contribution in [-0.2, 0) is 23.2 Å². The molecule has 2 aromatic rings. The molecular weight excluding hydrogens is 334 g/mol. The molecule has 0 bridgehead atoms. The second-order valence-corrected chi connectivity index (χ2v) is 6.31. The van der Waals surface area contributed by atoms with E-state index < -0.39 is 11.9 Å². The summed E-state index contributed by atoms with van der Waals surface area (Å²) in [5.41, 5.74) is 3.59. The van der Waals surface area contributed by atoms with Crippen LogP contribution in [0.4, 0.5) is 5.69 Å². The Morgan fingerprint density at radius 2 is 2.00 bits per heavy atom. The van der Waals surface area contributed by atoms with E-state index in [1.165, 1.54) is 0 Å². The second kappa shape index (κ2) is 6.99. The molecule has 1 aromatic heterocycles. The number of fused-ring (bicyclic) bond motifs is 1. The van der Waals surface area contributed by atoms with Crippen LogP contribution in [0.25, 0.3) is 0 Å². The normalized spacial score (nSPS) is 16.3. The Labute approximate surface area is 151 Å². The third kappa shape index (κ3) is 3.44. The average molecular weight is 355 g/mol. The molecule has 1 aliphatic rings. The Balaban J connectivity index is 1.64. The molecule has 136 valence electrons. The van der Waals surface area contributed by atoms with E-state index >= 15 is 0 Å². The molecule has 3 N–H and O–H groups in total. The lowest BCUT2D eigenvalue weighted by molar-refractivity contribution is -0.125. The van der Waals surface area contributed by atoms with Crippen molar-refractivity contribution < 1.29 is 14.4 Å². The van der Waals surface area contributed by atoms with Crippen molar-refractivity contribution in [3.8, 4) is 0 Å². The number of benzene rings is 1. The third-order valence-electron chi connectivity index (χ3n) is 4.56. The maximum Gasteiger partial charge on any atom is 0.254 e. The molecular formula is C18H21N5O3. The molecule has 2 heterocycles. The predicted molar refractivity (Wildman–Crippen MR) is 95.5 cm³/mol. The zero-order valence-electron chi connectivity index (χ0n) is 14.9. The second-order valence-electron chi connectivity index (χ2n) is 6.31. The Morgan fingerprint density at radius 1 is 1.27 bits per heavy atom. The largest absolute Gasteiger partial charge is 0.352 e. The van der Waals surface area contributed by atoms with Gasteiger partial charge in [0, 0.05) is 24.8 Å². The highest BCUT2D eigenvalue weighted by Crippen LogP contribution is 2.19. The quantitative estimate of drug-likeness (QED) is 0.754. The summed E-state index contributed by atoms with van der Waals surface area (Å²) in [7, 11) is 1.84. The van der Waals surface area contributed by atoms with Gasteiger partial charge in [-0.15, -0.1) is 0 Å². The summed E-state index contributed by atoms with van der Waals surface area (Å²) in [6, 6.07) is 5.81. The number of aryl methyl sites for hydroxylation is 2. The first-order valence-electron chi connectivity index (χ1n) is 8.33. The van der Waals surface area contributed by atoms with E-state index in [1.807, 2.05) is 20.9 Å². The van der Waals surface area contributed by atoms with E-state index in [4.69, 9.17) is 0 Å². The summed E-state index contributed by atoms with van der Waals surface area (Å²) in [5, 5.41) is 12.4.